The topological polar surface area (TPSA) is 70.2 Å². The van der Waals surface area contributed by atoms with Crippen molar-refractivity contribution in [2.24, 2.45) is 10.2 Å². The molecule has 1 saturated heterocycles. The summed E-state index contributed by atoms with van der Waals surface area (Å²) in [7, 11) is 0. The van der Waals surface area contributed by atoms with Gasteiger partial charge in [-0.2, -0.15) is 23.4 Å². The molecule has 2 aliphatic rings. The predicted octanol–water partition coefficient (Wildman–Crippen LogP) is 4.30. The molecule has 3 heterocycles. The molecule has 38 heavy (non-hydrogen) atoms. The average Bonchev–Trinajstić information content (AvgIpc) is 3.54. The summed E-state index contributed by atoms with van der Waals surface area (Å²) >= 11 is 6.56. The molecule has 0 bridgehead atoms. The summed E-state index contributed by atoms with van der Waals surface area (Å²) in [5.74, 6) is -0.463. The number of alkyl halides is 4. The SMILES string of the molecule is CC(C)N1C[C@@H](n2c(O)c(C(Cc3ccc(Cl)cc3C(F)(F)F)=c3ccc4c(c3)C=NN=4)sc2=O)[C@@H](F)C1. The highest BCUT2D eigenvalue weighted by Gasteiger charge is 2.39. The van der Waals surface area contributed by atoms with E-state index >= 15 is 4.39 Å². The van der Waals surface area contributed by atoms with Gasteiger partial charge in [0.05, 0.1) is 28.1 Å². The number of likely N-dealkylation sites (tertiary alicyclic amines) is 1. The Hall–Kier alpha value is -3.02. The molecule has 6 nitrogen and oxygen atoms in total. The molecular weight excluding hydrogens is 544 g/mol. The van der Waals surface area contributed by atoms with Crippen LogP contribution in [-0.2, 0) is 12.6 Å². The maximum absolute atomic E-state index is 15.0. The third-order valence-electron chi connectivity index (χ3n) is 6.88. The molecule has 12 heteroatoms. The first kappa shape index (κ1) is 26.6. The number of fused-ring (bicyclic) bond motifs is 1. The van der Waals surface area contributed by atoms with Crippen LogP contribution in [0.5, 0.6) is 5.88 Å². The number of hydrogen-bond acceptors (Lipinski definition) is 6. The lowest BCUT2D eigenvalue weighted by Gasteiger charge is -2.20. The fraction of sp³-hybridized carbons (Fsp3) is 0.346. The van der Waals surface area contributed by atoms with Gasteiger partial charge in [-0.15, -0.1) is 0 Å². The zero-order valence-corrected chi connectivity index (χ0v) is 21.9. The molecule has 200 valence electrons. The van der Waals surface area contributed by atoms with E-state index in [2.05, 4.69) is 10.2 Å². The van der Waals surface area contributed by atoms with Crippen LogP contribution >= 0.6 is 22.9 Å². The highest BCUT2D eigenvalue weighted by molar-refractivity contribution is 7.10. The molecule has 0 spiro atoms. The minimum absolute atomic E-state index is 0.0421. The van der Waals surface area contributed by atoms with Crippen LogP contribution in [-0.4, -0.2) is 46.1 Å². The predicted molar refractivity (Wildman–Crippen MR) is 138 cm³/mol. The van der Waals surface area contributed by atoms with Crippen molar-refractivity contribution in [1.82, 2.24) is 9.47 Å². The number of thiazole rings is 1. The number of aromatic hydroxyl groups is 1. The molecule has 0 amide bonds. The molecule has 1 aromatic heterocycles. The molecule has 0 unspecified atom stereocenters. The first-order valence-corrected chi connectivity index (χ1v) is 13.1. The van der Waals surface area contributed by atoms with Crippen LogP contribution in [0.4, 0.5) is 17.6 Å². The third-order valence-corrected chi connectivity index (χ3v) is 8.12. The van der Waals surface area contributed by atoms with Gasteiger partial charge in [-0.05, 0) is 54.5 Å². The zero-order chi connectivity index (χ0) is 27.4. The fourth-order valence-electron chi connectivity index (χ4n) is 4.87. The van der Waals surface area contributed by atoms with Crippen molar-refractivity contribution in [2.75, 3.05) is 13.1 Å². The summed E-state index contributed by atoms with van der Waals surface area (Å²) in [5.41, 5.74) is -0.0737. The van der Waals surface area contributed by atoms with Crippen molar-refractivity contribution >= 4 is 34.7 Å². The van der Waals surface area contributed by atoms with E-state index < -0.39 is 34.7 Å². The Labute approximate surface area is 223 Å². The van der Waals surface area contributed by atoms with Crippen LogP contribution in [0.25, 0.3) is 5.57 Å². The van der Waals surface area contributed by atoms with Gasteiger partial charge in [0.2, 0.25) is 5.88 Å². The van der Waals surface area contributed by atoms with E-state index in [1.54, 1.807) is 18.2 Å². The minimum Gasteiger partial charge on any atom is -0.493 e. The lowest BCUT2D eigenvalue weighted by Crippen LogP contribution is -2.29. The van der Waals surface area contributed by atoms with Crippen molar-refractivity contribution in [3.63, 3.8) is 0 Å². The van der Waals surface area contributed by atoms with Gasteiger partial charge in [0.25, 0.3) is 0 Å². The summed E-state index contributed by atoms with van der Waals surface area (Å²) < 4.78 is 57.8. The Morgan fingerprint density at radius 1 is 1.21 bits per heavy atom. The Kier molecular flexibility index (Phi) is 6.95. The Morgan fingerprint density at radius 3 is 2.66 bits per heavy atom. The van der Waals surface area contributed by atoms with E-state index in [0.717, 1.165) is 10.6 Å². The number of aromatic nitrogens is 1. The van der Waals surface area contributed by atoms with Gasteiger partial charge in [-0.25, -0.2) is 4.39 Å². The number of nitrogens with zero attached hydrogens (tertiary/aromatic N) is 4. The molecule has 5 rings (SSSR count). The second-order valence-electron chi connectivity index (χ2n) is 9.59. The van der Waals surface area contributed by atoms with Crippen LogP contribution in [0.15, 0.2) is 51.4 Å². The average molecular weight is 567 g/mol. The van der Waals surface area contributed by atoms with Gasteiger partial charge in [0.15, 0.2) is 0 Å². The van der Waals surface area contributed by atoms with Crippen LogP contribution in [0.2, 0.25) is 5.02 Å². The van der Waals surface area contributed by atoms with Crippen LogP contribution in [0.1, 0.15) is 41.5 Å². The minimum atomic E-state index is -4.68. The lowest BCUT2D eigenvalue weighted by atomic mass is 9.96. The monoisotopic (exact) mass is 566 g/mol. The molecular formula is C26H23ClF4N4O2S. The third kappa shape index (κ3) is 4.90. The zero-order valence-electron chi connectivity index (χ0n) is 20.3. The second kappa shape index (κ2) is 9.94. The first-order valence-electron chi connectivity index (χ1n) is 11.9. The summed E-state index contributed by atoms with van der Waals surface area (Å²) in [6.45, 7) is 4.17. The van der Waals surface area contributed by atoms with Crippen molar-refractivity contribution in [1.29, 1.82) is 0 Å². The quantitative estimate of drug-likeness (QED) is 0.468. The molecule has 1 fully saturated rings. The molecule has 0 aliphatic carbocycles. The largest absolute Gasteiger partial charge is 0.493 e. The van der Waals surface area contributed by atoms with Gasteiger partial charge >= 0.3 is 11.0 Å². The van der Waals surface area contributed by atoms with E-state index in [1.165, 1.54) is 18.3 Å². The van der Waals surface area contributed by atoms with E-state index in [-0.39, 0.29) is 46.6 Å². The molecule has 2 aliphatic heterocycles. The molecule has 0 saturated carbocycles. The lowest BCUT2D eigenvalue weighted by molar-refractivity contribution is -0.138. The second-order valence-corrected chi connectivity index (χ2v) is 11.0. The highest BCUT2D eigenvalue weighted by Crippen LogP contribution is 2.38. The van der Waals surface area contributed by atoms with Crippen molar-refractivity contribution in [3.05, 3.63) is 83.2 Å². The first-order chi connectivity index (χ1) is 17.9. The molecule has 2 atom stereocenters. The Morgan fingerprint density at radius 2 is 1.97 bits per heavy atom. The van der Waals surface area contributed by atoms with Gasteiger partial charge in [-0.3, -0.25) is 14.3 Å². The number of benzene rings is 2. The summed E-state index contributed by atoms with van der Waals surface area (Å²) in [6, 6.07) is 7.62. The summed E-state index contributed by atoms with van der Waals surface area (Å²) in [4.78, 5) is 14.5. The number of halogens is 5. The fourth-order valence-corrected chi connectivity index (χ4v) is 6.04. The number of rotatable bonds is 5. The Balaban J connectivity index is 1.69. The molecule has 3 aromatic rings. The van der Waals surface area contributed by atoms with E-state index in [9.17, 15) is 23.1 Å². The molecule has 1 N–H and O–H groups in total. The molecule has 2 aromatic carbocycles. The highest BCUT2D eigenvalue weighted by atomic mass is 35.5. The van der Waals surface area contributed by atoms with Crippen LogP contribution in [0.3, 0.4) is 0 Å². The normalized spacial score (nSPS) is 20.2. The van der Waals surface area contributed by atoms with Gasteiger partial charge in [0.1, 0.15) is 6.17 Å². The van der Waals surface area contributed by atoms with Crippen LogP contribution in [0, 0.1) is 0 Å². The van der Waals surface area contributed by atoms with Crippen molar-refractivity contribution in [2.45, 2.75) is 44.7 Å². The maximum Gasteiger partial charge on any atom is 0.416 e. The van der Waals surface area contributed by atoms with Crippen molar-refractivity contribution in [3.8, 4) is 5.88 Å². The van der Waals surface area contributed by atoms with Gasteiger partial charge < -0.3 is 5.11 Å². The summed E-state index contributed by atoms with van der Waals surface area (Å²) in [5, 5.41) is 20.1. The van der Waals surface area contributed by atoms with Crippen molar-refractivity contribution < 1.29 is 22.7 Å². The maximum atomic E-state index is 15.0. The smallest absolute Gasteiger partial charge is 0.416 e. The Bertz CT molecular complexity index is 1610. The van der Waals surface area contributed by atoms with Gasteiger partial charge in [0, 0.05) is 36.1 Å². The van der Waals surface area contributed by atoms with Gasteiger partial charge in [-0.1, -0.05) is 35.1 Å². The van der Waals surface area contributed by atoms with E-state index in [1.807, 2.05) is 18.7 Å². The number of hydrogen-bond donors (Lipinski definition) is 1. The molecule has 0 radical (unpaired) electrons. The van der Waals surface area contributed by atoms with E-state index in [0.29, 0.717) is 27.5 Å². The van der Waals surface area contributed by atoms with E-state index in [4.69, 9.17) is 11.6 Å². The standard InChI is InChI=1S/C26H23ClF4N4O2S/c1-13(2)34-11-20(28)22(12-34)35-24(36)23(38-25(35)37)18(14-4-6-21-16(7-14)10-32-33-21)8-15-3-5-17(27)9-19(15)26(29,30)31/h3-7,9-10,13,20,22,36H,8,11-12H2,1-2H3/t20-,22+/m0/s1. The van der Waals surface area contributed by atoms with Crippen LogP contribution < -0.4 is 15.4 Å². The summed E-state index contributed by atoms with van der Waals surface area (Å²) in [6.07, 6.45) is -4.83.